The van der Waals surface area contributed by atoms with Crippen molar-refractivity contribution in [1.29, 1.82) is 0 Å². The van der Waals surface area contributed by atoms with Crippen LogP contribution in [0.25, 0.3) is 0 Å². The summed E-state index contributed by atoms with van der Waals surface area (Å²) in [6.07, 6.45) is 1.77. The monoisotopic (exact) mass is 311 g/mol. The number of rotatable bonds is 5. The third-order valence-corrected chi connectivity index (χ3v) is 4.06. The van der Waals surface area contributed by atoms with Gasteiger partial charge < -0.3 is 4.43 Å². The molecule has 0 aliphatic heterocycles. The standard InChI is InChI=1S/C14H19F2N3OSi/c1-14(20-21(2,3)4,8-13-17-9-18-19-13)11-6-5-10(15)7-12(11)16/h5-7,9H,8H2,1-4H3,(H,17,18,19). The van der Waals surface area contributed by atoms with E-state index >= 15 is 0 Å². The lowest BCUT2D eigenvalue weighted by Gasteiger charge is -2.36. The topological polar surface area (TPSA) is 50.8 Å². The van der Waals surface area contributed by atoms with Crippen LogP contribution in [0.2, 0.25) is 19.6 Å². The van der Waals surface area contributed by atoms with Crippen molar-refractivity contribution < 1.29 is 13.2 Å². The van der Waals surface area contributed by atoms with Crippen molar-refractivity contribution in [1.82, 2.24) is 15.2 Å². The molecule has 0 radical (unpaired) electrons. The Kier molecular flexibility index (Phi) is 4.24. The van der Waals surface area contributed by atoms with Crippen LogP contribution in [-0.4, -0.2) is 23.5 Å². The number of nitrogens with one attached hydrogen (secondary N) is 1. The molecule has 21 heavy (non-hydrogen) atoms. The molecular formula is C14H19F2N3OSi. The molecule has 1 unspecified atom stereocenters. The molecule has 1 heterocycles. The Morgan fingerprint density at radius 2 is 2.00 bits per heavy atom. The quantitative estimate of drug-likeness (QED) is 0.861. The van der Waals surface area contributed by atoms with E-state index in [1.807, 2.05) is 19.6 Å². The van der Waals surface area contributed by atoms with E-state index in [9.17, 15) is 8.78 Å². The molecule has 0 amide bonds. The second-order valence-corrected chi connectivity index (χ2v) is 10.6. The molecule has 2 rings (SSSR count). The molecular weight excluding hydrogens is 292 g/mol. The highest BCUT2D eigenvalue weighted by molar-refractivity contribution is 6.69. The molecule has 1 aromatic carbocycles. The van der Waals surface area contributed by atoms with Crippen LogP contribution in [-0.2, 0) is 16.4 Å². The highest BCUT2D eigenvalue weighted by Crippen LogP contribution is 2.34. The molecule has 1 N–H and O–H groups in total. The van der Waals surface area contributed by atoms with E-state index in [4.69, 9.17) is 4.43 Å². The maximum absolute atomic E-state index is 14.2. The summed E-state index contributed by atoms with van der Waals surface area (Å²) in [6, 6.07) is 3.54. The first-order chi connectivity index (χ1) is 9.70. The fourth-order valence-corrected chi connectivity index (χ4v) is 3.94. The fourth-order valence-electron chi connectivity index (χ4n) is 2.40. The van der Waals surface area contributed by atoms with Gasteiger partial charge in [0, 0.05) is 18.1 Å². The Morgan fingerprint density at radius 3 is 2.52 bits per heavy atom. The molecule has 0 spiro atoms. The van der Waals surface area contributed by atoms with E-state index in [1.165, 1.54) is 18.5 Å². The summed E-state index contributed by atoms with van der Waals surface area (Å²) >= 11 is 0. The highest BCUT2D eigenvalue weighted by Gasteiger charge is 2.36. The van der Waals surface area contributed by atoms with Crippen LogP contribution in [0.4, 0.5) is 8.78 Å². The second kappa shape index (κ2) is 5.65. The van der Waals surface area contributed by atoms with Gasteiger partial charge in [-0.3, -0.25) is 5.10 Å². The third-order valence-electron chi connectivity index (χ3n) is 2.99. The van der Waals surface area contributed by atoms with Crippen LogP contribution >= 0.6 is 0 Å². The molecule has 0 saturated heterocycles. The van der Waals surface area contributed by atoms with E-state index in [0.29, 0.717) is 17.8 Å². The number of aromatic amines is 1. The van der Waals surface area contributed by atoms with Gasteiger partial charge in [0.2, 0.25) is 0 Å². The van der Waals surface area contributed by atoms with Gasteiger partial charge in [-0.2, -0.15) is 5.10 Å². The largest absolute Gasteiger partial charge is 0.408 e. The van der Waals surface area contributed by atoms with Gasteiger partial charge in [-0.05, 0) is 32.6 Å². The van der Waals surface area contributed by atoms with Crippen molar-refractivity contribution in [3.63, 3.8) is 0 Å². The van der Waals surface area contributed by atoms with Crippen molar-refractivity contribution in [3.05, 3.63) is 47.5 Å². The first kappa shape index (κ1) is 15.8. The summed E-state index contributed by atoms with van der Waals surface area (Å²) in [6.45, 7) is 7.85. The second-order valence-electron chi connectivity index (χ2n) is 6.16. The molecule has 4 nitrogen and oxygen atoms in total. The number of aromatic nitrogens is 3. The van der Waals surface area contributed by atoms with Crippen LogP contribution < -0.4 is 0 Å². The molecule has 114 valence electrons. The number of H-pyrrole nitrogens is 1. The molecule has 0 saturated carbocycles. The maximum atomic E-state index is 14.2. The highest BCUT2D eigenvalue weighted by atomic mass is 28.4. The number of benzene rings is 1. The first-order valence-corrected chi connectivity index (χ1v) is 10.1. The van der Waals surface area contributed by atoms with Gasteiger partial charge in [-0.15, -0.1) is 0 Å². The summed E-state index contributed by atoms with van der Waals surface area (Å²) in [5.41, 5.74) is -0.624. The fraction of sp³-hybridized carbons (Fsp3) is 0.429. The SMILES string of the molecule is CC(Cc1nc[nH]n1)(O[Si](C)(C)C)c1ccc(F)cc1F. The minimum absolute atomic E-state index is 0.309. The zero-order chi connectivity index (χ0) is 15.7. The molecule has 0 aliphatic rings. The average Bonchev–Trinajstić information content (AvgIpc) is 2.78. The molecule has 1 atom stereocenters. The first-order valence-electron chi connectivity index (χ1n) is 6.70. The van der Waals surface area contributed by atoms with Crippen molar-refractivity contribution in [3.8, 4) is 0 Å². The Morgan fingerprint density at radius 1 is 1.29 bits per heavy atom. The minimum atomic E-state index is -1.97. The van der Waals surface area contributed by atoms with Crippen molar-refractivity contribution in [2.24, 2.45) is 0 Å². The molecule has 1 aromatic heterocycles. The predicted octanol–water partition coefficient (Wildman–Crippen LogP) is 3.39. The number of nitrogens with zero attached hydrogens (tertiary/aromatic N) is 2. The van der Waals surface area contributed by atoms with Crippen molar-refractivity contribution in [2.75, 3.05) is 0 Å². The van der Waals surface area contributed by atoms with Gasteiger partial charge in [-0.1, -0.05) is 6.07 Å². The zero-order valence-electron chi connectivity index (χ0n) is 12.6. The zero-order valence-corrected chi connectivity index (χ0v) is 13.6. The van der Waals surface area contributed by atoms with E-state index in [-0.39, 0.29) is 0 Å². The molecule has 7 heteroatoms. The molecule has 0 fully saturated rings. The summed E-state index contributed by atoms with van der Waals surface area (Å²) < 4.78 is 33.5. The van der Waals surface area contributed by atoms with Gasteiger partial charge in [0.25, 0.3) is 0 Å². The number of hydrogen-bond donors (Lipinski definition) is 1. The molecule has 2 aromatic rings. The lowest BCUT2D eigenvalue weighted by Crippen LogP contribution is -2.41. The van der Waals surface area contributed by atoms with Crippen LogP contribution in [0.3, 0.4) is 0 Å². The Balaban J connectivity index is 2.44. The van der Waals surface area contributed by atoms with Gasteiger partial charge in [0.1, 0.15) is 18.0 Å². The maximum Gasteiger partial charge on any atom is 0.184 e. The number of hydrogen-bond acceptors (Lipinski definition) is 3. The van der Waals surface area contributed by atoms with E-state index in [0.717, 1.165) is 6.07 Å². The Labute approximate surface area is 123 Å². The molecule has 0 bridgehead atoms. The van der Waals surface area contributed by atoms with Gasteiger partial charge >= 0.3 is 0 Å². The lowest BCUT2D eigenvalue weighted by atomic mass is 9.91. The summed E-state index contributed by atoms with van der Waals surface area (Å²) in [5.74, 6) is -0.699. The van der Waals surface area contributed by atoms with E-state index in [2.05, 4.69) is 15.2 Å². The minimum Gasteiger partial charge on any atom is -0.408 e. The smallest absolute Gasteiger partial charge is 0.184 e. The summed E-state index contributed by atoms with van der Waals surface area (Å²) in [7, 11) is -1.97. The van der Waals surface area contributed by atoms with Crippen LogP contribution in [0.15, 0.2) is 24.5 Å². The van der Waals surface area contributed by atoms with E-state index < -0.39 is 25.6 Å². The third kappa shape index (κ3) is 3.95. The van der Waals surface area contributed by atoms with Crippen molar-refractivity contribution >= 4 is 8.32 Å². The number of halogens is 2. The van der Waals surface area contributed by atoms with Crippen LogP contribution in [0.5, 0.6) is 0 Å². The summed E-state index contributed by atoms with van der Waals surface area (Å²) in [5, 5.41) is 6.64. The van der Waals surface area contributed by atoms with Gasteiger partial charge in [0.05, 0.1) is 5.60 Å². The van der Waals surface area contributed by atoms with Crippen LogP contribution in [0.1, 0.15) is 18.3 Å². The average molecular weight is 311 g/mol. The molecule has 0 aliphatic carbocycles. The summed E-state index contributed by atoms with van der Waals surface area (Å²) in [4.78, 5) is 4.08. The Hall–Kier alpha value is -1.60. The predicted molar refractivity (Wildman–Crippen MR) is 78.2 cm³/mol. The van der Waals surface area contributed by atoms with Crippen LogP contribution in [0, 0.1) is 11.6 Å². The Bertz CT molecular complexity index is 613. The van der Waals surface area contributed by atoms with Crippen molar-refractivity contribution in [2.45, 2.75) is 38.6 Å². The van der Waals surface area contributed by atoms with E-state index in [1.54, 1.807) is 6.92 Å². The normalized spacial score (nSPS) is 15.0. The van der Waals surface area contributed by atoms with Gasteiger partial charge in [0.15, 0.2) is 14.1 Å². The van der Waals surface area contributed by atoms with Gasteiger partial charge in [-0.25, -0.2) is 13.8 Å². The lowest BCUT2D eigenvalue weighted by molar-refractivity contribution is 0.0724.